The summed E-state index contributed by atoms with van der Waals surface area (Å²) in [6.45, 7) is 3.66. The number of aryl methyl sites for hydroxylation is 1. The Kier molecular flexibility index (Phi) is 7.95. The molecule has 0 aliphatic carbocycles. The van der Waals surface area contributed by atoms with Crippen LogP contribution in [0, 0.1) is 6.92 Å². The van der Waals surface area contributed by atoms with E-state index < -0.39 is 12.4 Å². The fourth-order valence-electron chi connectivity index (χ4n) is 2.40. The first kappa shape index (κ1) is 22.6. The van der Waals surface area contributed by atoms with E-state index in [1.54, 1.807) is 19.1 Å². The molecule has 0 spiro atoms. The van der Waals surface area contributed by atoms with Gasteiger partial charge in [0.05, 0.1) is 17.5 Å². The van der Waals surface area contributed by atoms with Crippen molar-refractivity contribution in [2.45, 2.75) is 26.3 Å². The minimum absolute atomic E-state index is 0.0843. The van der Waals surface area contributed by atoms with Crippen LogP contribution in [-0.4, -0.2) is 29.7 Å². The Morgan fingerprint density at radius 2 is 1.59 bits per heavy atom. The fraction of sp³-hybridized carbons (Fsp3) is 0.300. The number of nitrogens with one attached hydrogen (secondary N) is 2. The molecule has 0 radical (unpaired) electrons. The van der Waals surface area contributed by atoms with Crippen LogP contribution in [0.15, 0.2) is 48.5 Å². The number of halogens is 3. The molecule has 1 unspecified atom stereocenters. The van der Waals surface area contributed by atoms with Gasteiger partial charge in [0.1, 0.15) is 5.75 Å². The van der Waals surface area contributed by atoms with Gasteiger partial charge in [-0.1, -0.05) is 29.8 Å². The lowest BCUT2D eigenvalue weighted by Gasteiger charge is -2.15. The molecular formula is C20H21F3N2O3S. The molecule has 0 fully saturated rings. The van der Waals surface area contributed by atoms with Crippen molar-refractivity contribution in [3.05, 3.63) is 59.7 Å². The Morgan fingerprint density at radius 3 is 2.17 bits per heavy atom. The van der Waals surface area contributed by atoms with Gasteiger partial charge in [-0.15, -0.1) is 24.9 Å². The van der Waals surface area contributed by atoms with E-state index in [4.69, 9.17) is 0 Å². The van der Waals surface area contributed by atoms with Crippen molar-refractivity contribution in [2.75, 3.05) is 16.8 Å². The van der Waals surface area contributed by atoms with E-state index in [1.807, 2.05) is 19.1 Å². The van der Waals surface area contributed by atoms with Crippen LogP contribution < -0.4 is 15.4 Å². The maximum atomic E-state index is 12.2. The molecule has 0 bridgehead atoms. The van der Waals surface area contributed by atoms with Crippen molar-refractivity contribution < 1.29 is 27.5 Å². The van der Waals surface area contributed by atoms with Crippen molar-refractivity contribution in [3.63, 3.8) is 0 Å². The zero-order valence-corrected chi connectivity index (χ0v) is 16.7. The first-order valence-corrected chi connectivity index (χ1v) is 9.87. The maximum absolute atomic E-state index is 12.2. The molecule has 0 aliphatic heterocycles. The van der Waals surface area contributed by atoms with E-state index in [2.05, 4.69) is 15.4 Å². The van der Waals surface area contributed by atoms with Crippen LogP contribution in [0.25, 0.3) is 0 Å². The molecule has 2 aromatic rings. The van der Waals surface area contributed by atoms with Gasteiger partial charge in [-0.2, -0.15) is 0 Å². The summed E-state index contributed by atoms with van der Waals surface area (Å²) in [7, 11) is 0. The van der Waals surface area contributed by atoms with Crippen molar-refractivity contribution in [1.29, 1.82) is 0 Å². The molecule has 0 heterocycles. The lowest BCUT2D eigenvalue weighted by Crippen LogP contribution is -2.28. The van der Waals surface area contributed by atoms with Crippen LogP contribution in [-0.2, 0) is 9.59 Å². The third kappa shape index (κ3) is 8.47. The highest BCUT2D eigenvalue weighted by Crippen LogP contribution is 2.24. The van der Waals surface area contributed by atoms with E-state index in [-0.39, 0.29) is 29.1 Å². The quantitative estimate of drug-likeness (QED) is 0.655. The van der Waals surface area contributed by atoms with Gasteiger partial charge in [-0.3, -0.25) is 9.59 Å². The second-order valence-corrected chi connectivity index (χ2v) is 7.30. The first-order valence-electron chi connectivity index (χ1n) is 8.72. The Bertz CT molecular complexity index is 824. The van der Waals surface area contributed by atoms with Crippen LogP contribution in [0.1, 0.15) is 24.1 Å². The molecule has 9 heteroatoms. The molecule has 0 aromatic heterocycles. The van der Waals surface area contributed by atoms with Crippen LogP contribution in [0.5, 0.6) is 5.75 Å². The number of hydrogen-bond acceptors (Lipinski definition) is 4. The summed E-state index contributed by atoms with van der Waals surface area (Å²) in [6, 6.07) is 12.3. The number of thioether (sulfide) groups is 1. The van der Waals surface area contributed by atoms with Crippen LogP contribution in [0.4, 0.5) is 18.9 Å². The number of alkyl halides is 3. The Balaban J connectivity index is 1.72. The Labute approximate surface area is 171 Å². The maximum Gasteiger partial charge on any atom is 0.573 e. The monoisotopic (exact) mass is 426 g/mol. The average Bonchev–Trinajstić information content (AvgIpc) is 2.63. The summed E-state index contributed by atoms with van der Waals surface area (Å²) in [5.74, 6) is -0.601. The SMILES string of the molecule is Cc1ccc(NC(=O)CSCC(=O)NC(C)c2ccc(OC(F)(F)F)cc2)cc1. The number of carbonyl (C=O) groups excluding carboxylic acids is 2. The van der Waals surface area contributed by atoms with Gasteiger partial charge in [0.2, 0.25) is 11.8 Å². The fourth-order valence-corrected chi connectivity index (χ4v) is 3.02. The molecule has 0 aliphatic rings. The highest BCUT2D eigenvalue weighted by molar-refractivity contribution is 8.00. The highest BCUT2D eigenvalue weighted by atomic mass is 32.2. The van der Waals surface area contributed by atoms with Gasteiger partial charge in [-0.05, 0) is 43.7 Å². The van der Waals surface area contributed by atoms with Gasteiger partial charge in [0.15, 0.2) is 0 Å². The van der Waals surface area contributed by atoms with E-state index >= 15 is 0 Å². The predicted octanol–water partition coefficient (Wildman–Crippen LogP) is 4.44. The third-order valence-electron chi connectivity index (χ3n) is 3.79. The zero-order chi connectivity index (χ0) is 21.4. The van der Waals surface area contributed by atoms with E-state index in [1.165, 1.54) is 36.0 Å². The van der Waals surface area contributed by atoms with E-state index in [0.717, 1.165) is 5.56 Å². The van der Waals surface area contributed by atoms with Crippen LogP contribution in [0.3, 0.4) is 0 Å². The molecule has 29 heavy (non-hydrogen) atoms. The normalized spacial score (nSPS) is 12.2. The number of benzene rings is 2. The summed E-state index contributed by atoms with van der Waals surface area (Å²) in [6.07, 6.45) is -4.75. The second-order valence-electron chi connectivity index (χ2n) is 6.31. The van der Waals surface area contributed by atoms with Gasteiger partial charge in [0, 0.05) is 5.69 Å². The summed E-state index contributed by atoms with van der Waals surface area (Å²) in [5, 5.41) is 5.49. The number of ether oxygens (including phenoxy) is 1. The minimum atomic E-state index is -4.75. The minimum Gasteiger partial charge on any atom is -0.406 e. The van der Waals surface area contributed by atoms with E-state index in [0.29, 0.717) is 11.3 Å². The Morgan fingerprint density at radius 1 is 1.00 bits per heavy atom. The topological polar surface area (TPSA) is 67.4 Å². The first-order chi connectivity index (χ1) is 13.6. The molecule has 1 atom stereocenters. The van der Waals surface area contributed by atoms with Gasteiger partial charge < -0.3 is 15.4 Å². The smallest absolute Gasteiger partial charge is 0.406 e. The third-order valence-corrected chi connectivity index (χ3v) is 4.73. The summed E-state index contributed by atoms with van der Waals surface area (Å²) < 4.78 is 40.3. The van der Waals surface area contributed by atoms with Gasteiger partial charge in [-0.25, -0.2) is 0 Å². The van der Waals surface area contributed by atoms with E-state index in [9.17, 15) is 22.8 Å². The largest absolute Gasteiger partial charge is 0.573 e. The molecule has 2 N–H and O–H groups in total. The Hall–Kier alpha value is -2.68. The highest BCUT2D eigenvalue weighted by Gasteiger charge is 2.31. The van der Waals surface area contributed by atoms with Crippen LogP contribution >= 0.6 is 11.8 Å². The number of rotatable bonds is 8. The molecule has 2 amide bonds. The van der Waals surface area contributed by atoms with Crippen molar-refractivity contribution >= 4 is 29.3 Å². The average molecular weight is 426 g/mol. The molecule has 0 saturated heterocycles. The summed E-state index contributed by atoms with van der Waals surface area (Å²) in [5.41, 5.74) is 2.41. The standard InChI is InChI=1S/C20H21F3N2O3S/c1-13-3-7-16(8-4-13)25-19(27)12-29-11-18(26)24-14(2)15-5-9-17(10-6-15)28-20(21,22)23/h3-10,14H,11-12H2,1-2H3,(H,24,26)(H,25,27). The number of amides is 2. The lowest BCUT2D eigenvalue weighted by molar-refractivity contribution is -0.274. The molecule has 156 valence electrons. The number of anilines is 1. The van der Waals surface area contributed by atoms with Gasteiger partial charge in [0.25, 0.3) is 0 Å². The van der Waals surface area contributed by atoms with Gasteiger partial charge >= 0.3 is 6.36 Å². The summed E-state index contributed by atoms with van der Waals surface area (Å²) >= 11 is 1.17. The second kappa shape index (κ2) is 10.2. The zero-order valence-electron chi connectivity index (χ0n) is 15.9. The van der Waals surface area contributed by atoms with Crippen molar-refractivity contribution in [2.24, 2.45) is 0 Å². The van der Waals surface area contributed by atoms with Crippen LogP contribution in [0.2, 0.25) is 0 Å². The summed E-state index contributed by atoms with van der Waals surface area (Å²) in [4.78, 5) is 23.9. The predicted molar refractivity (Wildman–Crippen MR) is 107 cm³/mol. The van der Waals surface area contributed by atoms with Crippen molar-refractivity contribution in [1.82, 2.24) is 5.32 Å². The molecule has 2 rings (SSSR count). The number of carbonyl (C=O) groups is 2. The molecule has 0 saturated carbocycles. The van der Waals surface area contributed by atoms with Crippen molar-refractivity contribution in [3.8, 4) is 5.75 Å². The number of hydrogen-bond donors (Lipinski definition) is 2. The molecule has 2 aromatic carbocycles. The molecule has 5 nitrogen and oxygen atoms in total. The lowest BCUT2D eigenvalue weighted by atomic mass is 10.1. The molecular weight excluding hydrogens is 405 g/mol.